The predicted octanol–water partition coefficient (Wildman–Crippen LogP) is 3.13. The van der Waals surface area contributed by atoms with E-state index >= 15 is 0 Å². The highest BCUT2D eigenvalue weighted by molar-refractivity contribution is 4.78. The summed E-state index contributed by atoms with van der Waals surface area (Å²) in [6.45, 7) is 14.3. The van der Waals surface area contributed by atoms with Crippen LogP contribution in [0.4, 0.5) is 0 Å². The molecule has 3 unspecified atom stereocenters. The van der Waals surface area contributed by atoms with Gasteiger partial charge in [-0.05, 0) is 50.7 Å². The highest BCUT2D eigenvalue weighted by Gasteiger charge is 2.21. The maximum Gasteiger partial charge on any atom is 0.00670 e. The van der Waals surface area contributed by atoms with Crippen molar-refractivity contribution in [3.05, 3.63) is 0 Å². The highest BCUT2D eigenvalue weighted by atomic mass is 15.1. The summed E-state index contributed by atoms with van der Waals surface area (Å²) in [5.41, 5.74) is 0. The Labute approximate surface area is 108 Å². The summed E-state index contributed by atoms with van der Waals surface area (Å²) in [6, 6.07) is 0.737. The van der Waals surface area contributed by atoms with Crippen LogP contribution in [0.3, 0.4) is 0 Å². The van der Waals surface area contributed by atoms with Crippen molar-refractivity contribution in [1.29, 1.82) is 0 Å². The maximum absolute atomic E-state index is 3.79. The Balaban J connectivity index is 2.19. The summed E-state index contributed by atoms with van der Waals surface area (Å²) in [5, 5.41) is 3.79. The van der Waals surface area contributed by atoms with Crippen LogP contribution < -0.4 is 5.32 Å². The molecule has 1 N–H and O–H groups in total. The van der Waals surface area contributed by atoms with Crippen LogP contribution in [0.25, 0.3) is 0 Å². The fourth-order valence-electron chi connectivity index (χ4n) is 2.75. The normalized spacial score (nSPS) is 25.1. The molecule has 102 valence electrons. The van der Waals surface area contributed by atoms with Gasteiger partial charge in [0, 0.05) is 12.6 Å². The van der Waals surface area contributed by atoms with Crippen LogP contribution in [0.1, 0.15) is 53.4 Å². The third-order valence-corrected chi connectivity index (χ3v) is 4.39. The molecule has 0 saturated carbocycles. The van der Waals surface area contributed by atoms with Gasteiger partial charge >= 0.3 is 0 Å². The summed E-state index contributed by atoms with van der Waals surface area (Å²) in [5.74, 6) is 1.75. The third-order valence-electron chi connectivity index (χ3n) is 4.39. The van der Waals surface area contributed by atoms with Gasteiger partial charge in [0.25, 0.3) is 0 Å². The molecule has 1 fully saturated rings. The number of hydrogen-bond acceptors (Lipinski definition) is 2. The molecule has 2 heteroatoms. The molecule has 2 nitrogen and oxygen atoms in total. The molecular weight excluding hydrogens is 208 g/mol. The molecule has 0 amide bonds. The number of hydrogen-bond donors (Lipinski definition) is 1. The van der Waals surface area contributed by atoms with Gasteiger partial charge in [-0.25, -0.2) is 0 Å². The Bertz CT molecular complexity index is 193. The quantitative estimate of drug-likeness (QED) is 0.701. The van der Waals surface area contributed by atoms with Gasteiger partial charge in [0.05, 0.1) is 0 Å². The molecule has 1 aliphatic heterocycles. The monoisotopic (exact) mass is 240 g/mol. The van der Waals surface area contributed by atoms with Crippen molar-refractivity contribution >= 4 is 0 Å². The van der Waals surface area contributed by atoms with Crippen molar-refractivity contribution in [2.24, 2.45) is 11.8 Å². The van der Waals surface area contributed by atoms with Crippen LogP contribution >= 0.6 is 0 Å². The zero-order chi connectivity index (χ0) is 12.7. The van der Waals surface area contributed by atoms with E-state index in [1.165, 1.54) is 51.9 Å². The van der Waals surface area contributed by atoms with Crippen LogP contribution in [0, 0.1) is 11.8 Å². The second kappa shape index (κ2) is 8.10. The molecule has 1 rings (SSSR count). The number of likely N-dealkylation sites (tertiary alicyclic amines) is 1. The topological polar surface area (TPSA) is 15.3 Å². The molecule has 0 aromatic heterocycles. The van der Waals surface area contributed by atoms with E-state index in [1.54, 1.807) is 0 Å². The van der Waals surface area contributed by atoms with Crippen molar-refractivity contribution in [1.82, 2.24) is 10.2 Å². The zero-order valence-electron chi connectivity index (χ0n) is 12.3. The summed E-state index contributed by atoms with van der Waals surface area (Å²) < 4.78 is 0. The van der Waals surface area contributed by atoms with Gasteiger partial charge < -0.3 is 10.2 Å². The van der Waals surface area contributed by atoms with Crippen LogP contribution in [0.15, 0.2) is 0 Å². The molecule has 17 heavy (non-hydrogen) atoms. The van der Waals surface area contributed by atoms with Crippen LogP contribution in [-0.4, -0.2) is 37.1 Å². The van der Waals surface area contributed by atoms with Crippen molar-refractivity contribution in [2.45, 2.75) is 59.4 Å². The Hall–Kier alpha value is -0.0800. The van der Waals surface area contributed by atoms with Gasteiger partial charge in [-0.2, -0.15) is 0 Å². The SMILES string of the molecule is CCC(C)CC(CC)NCC1CCN(CC)C1. The molecule has 1 heterocycles. The van der Waals surface area contributed by atoms with E-state index in [4.69, 9.17) is 0 Å². The Morgan fingerprint density at radius 1 is 1.24 bits per heavy atom. The van der Waals surface area contributed by atoms with Gasteiger partial charge in [0.15, 0.2) is 0 Å². The maximum atomic E-state index is 3.79. The standard InChI is InChI=1S/C15H32N2/c1-5-13(4)10-15(6-2)16-11-14-8-9-17(7-3)12-14/h13-16H,5-12H2,1-4H3. The minimum Gasteiger partial charge on any atom is -0.314 e. The van der Waals surface area contributed by atoms with Gasteiger partial charge in [-0.1, -0.05) is 34.1 Å². The van der Waals surface area contributed by atoms with Crippen LogP contribution in [0.5, 0.6) is 0 Å². The zero-order valence-corrected chi connectivity index (χ0v) is 12.3. The predicted molar refractivity (Wildman–Crippen MR) is 76.4 cm³/mol. The average molecular weight is 240 g/mol. The Morgan fingerprint density at radius 3 is 2.53 bits per heavy atom. The number of nitrogens with zero attached hydrogens (tertiary/aromatic N) is 1. The highest BCUT2D eigenvalue weighted by Crippen LogP contribution is 2.16. The summed E-state index contributed by atoms with van der Waals surface area (Å²) in [4.78, 5) is 2.57. The summed E-state index contributed by atoms with van der Waals surface area (Å²) in [7, 11) is 0. The first-order valence-electron chi connectivity index (χ1n) is 7.65. The van der Waals surface area contributed by atoms with E-state index in [-0.39, 0.29) is 0 Å². The first-order valence-corrected chi connectivity index (χ1v) is 7.65. The molecule has 0 radical (unpaired) electrons. The number of nitrogens with one attached hydrogen (secondary N) is 1. The van der Waals surface area contributed by atoms with Crippen molar-refractivity contribution in [2.75, 3.05) is 26.2 Å². The summed E-state index contributed by atoms with van der Waals surface area (Å²) >= 11 is 0. The second-order valence-corrected chi connectivity index (χ2v) is 5.81. The molecule has 1 saturated heterocycles. The number of rotatable bonds is 8. The lowest BCUT2D eigenvalue weighted by Gasteiger charge is -2.22. The van der Waals surface area contributed by atoms with E-state index < -0.39 is 0 Å². The van der Waals surface area contributed by atoms with Crippen molar-refractivity contribution in [3.63, 3.8) is 0 Å². The van der Waals surface area contributed by atoms with E-state index in [9.17, 15) is 0 Å². The smallest absolute Gasteiger partial charge is 0.00670 e. The molecule has 1 aliphatic rings. The summed E-state index contributed by atoms with van der Waals surface area (Å²) in [6.07, 6.45) is 5.32. The lowest BCUT2D eigenvalue weighted by Crippen LogP contribution is -2.35. The fourth-order valence-corrected chi connectivity index (χ4v) is 2.75. The van der Waals surface area contributed by atoms with Gasteiger partial charge in [-0.15, -0.1) is 0 Å². The van der Waals surface area contributed by atoms with E-state index in [2.05, 4.69) is 37.9 Å². The molecule has 0 aromatic carbocycles. The molecular formula is C15H32N2. The van der Waals surface area contributed by atoms with E-state index in [1.807, 2.05) is 0 Å². The van der Waals surface area contributed by atoms with Gasteiger partial charge in [-0.3, -0.25) is 0 Å². The molecule has 3 atom stereocenters. The van der Waals surface area contributed by atoms with Crippen molar-refractivity contribution in [3.8, 4) is 0 Å². The minimum absolute atomic E-state index is 0.737. The van der Waals surface area contributed by atoms with Gasteiger partial charge in [0.1, 0.15) is 0 Å². The molecule has 0 aliphatic carbocycles. The first-order chi connectivity index (χ1) is 8.19. The molecule has 0 spiro atoms. The Kier molecular flexibility index (Phi) is 7.14. The van der Waals surface area contributed by atoms with E-state index in [0.29, 0.717) is 0 Å². The van der Waals surface area contributed by atoms with Crippen LogP contribution in [0.2, 0.25) is 0 Å². The molecule has 0 aromatic rings. The van der Waals surface area contributed by atoms with E-state index in [0.717, 1.165) is 17.9 Å². The Morgan fingerprint density at radius 2 is 2.00 bits per heavy atom. The largest absolute Gasteiger partial charge is 0.314 e. The second-order valence-electron chi connectivity index (χ2n) is 5.81. The van der Waals surface area contributed by atoms with Crippen LogP contribution in [-0.2, 0) is 0 Å². The van der Waals surface area contributed by atoms with Crippen molar-refractivity contribution < 1.29 is 0 Å². The average Bonchev–Trinajstić information content (AvgIpc) is 2.82. The molecule has 0 bridgehead atoms. The lowest BCUT2D eigenvalue weighted by molar-refractivity contribution is 0.324. The minimum atomic E-state index is 0.737. The lowest BCUT2D eigenvalue weighted by atomic mass is 9.97. The third kappa shape index (κ3) is 5.39. The first kappa shape index (κ1) is 15.0. The van der Waals surface area contributed by atoms with Gasteiger partial charge in [0.2, 0.25) is 0 Å². The fraction of sp³-hybridized carbons (Fsp3) is 1.00.